The molecule has 1 aliphatic carbocycles. The van der Waals surface area contributed by atoms with Crippen molar-refractivity contribution in [3.8, 4) is 11.5 Å². The van der Waals surface area contributed by atoms with Crippen LogP contribution in [0.25, 0.3) is 0 Å². The molecule has 0 aromatic heterocycles. The average Bonchev–Trinajstić information content (AvgIpc) is 0.812. The largest absolute Gasteiger partial charge is 0.748 e. The van der Waals surface area contributed by atoms with Gasteiger partial charge in [-0.2, -0.15) is 13.2 Å². The molecule has 3 unspecified atom stereocenters. The number of hydrogen-bond donors (Lipinski definition) is 2. The summed E-state index contributed by atoms with van der Waals surface area (Å²) in [6, 6.07) is 40.8. The fourth-order valence-electron chi connectivity index (χ4n) is 11.8. The highest BCUT2D eigenvalue weighted by Crippen LogP contribution is 2.35. The lowest BCUT2D eigenvalue weighted by molar-refractivity contribution is -0.219. The summed E-state index contributed by atoms with van der Waals surface area (Å²) in [5.41, 5.74) is 12.5. The van der Waals surface area contributed by atoms with E-state index in [1.165, 1.54) is 24.3 Å². The third-order valence-electron chi connectivity index (χ3n) is 19.3. The van der Waals surface area contributed by atoms with Crippen molar-refractivity contribution < 1.29 is 200 Å². The van der Waals surface area contributed by atoms with E-state index in [2.05, 4.69) is 33.2 Å². The van der Waals surface area contributed by atoms with Gasteiger partial charge >= 0.3 is 59.9 Å². The molecule has 41 nitrogen and oxygen atoms in total. The SMILES string of the molecule is Cc1cc(C)c(C)c(C(=O)OC2CC(OC(=O)c3cc(C)cc(C)c3C)CC(C(=O)OC(CS(=O)(=O)[O-])C(F)(F)F)C2)c1.Cc1ccc(C(=O)OCCS(=O)(=O)[O-])c(O)c1.Cc1ccc(C(=O)OCCS(=O)(=O)[O-])cc1.Cc1ccc(C(=O)OCCS(=O)(=O)[O-])cc1C.Cc1ccc(O)c(C(=O)OCCS(=O)(=O)[O-])c1.Cc1cccc(C(=O)OCCS(=O)(=O)[O-])c1.Cc1ccccc1C(=O)OCCS(=O)(=O)[O-]. The van der Waals surface area contributed by atoms with Crippen LogP contribution in [0.2, 0.25) is 0 Å². The third kappa shape index (κ3) is 49.9. The number of carbonyl (C=O) groups excluding carboxylic acids is 9. The van der Waals surface area contributed by atoms with Gasteiger partial charge in [0, 0.05) is 6.42 Å². The van der Waals surface area contributed by atoms with Gasteiger partial charge in [0.15, 0.2) is 0 Å². The molecule has 0 saturated heterocycles. The number of phenols is 2. The van der Waals surface area contributed by atoms with E-state index in [0.29, 0.717) is 33.4 Å². The van der Waals surface area contributed by atoms with Crippen molar-refractivity contribution in [1.29, 1.82) is 0 Å². The minimum absolute atomic E-state index is 0.0490. The molecule has 2 N–H and O–H groups in total. The molecule has 0 spiro atoms. The Hall–Kier alpha value is -12.3. The number of carbonyl (C=O) groups is 9. The van der Waals surface area contributed by atoms with Crippen molar-refractivity contribution in [2.45, 2.75) is 134 Å². The van der Waals surface area contributed by atoms with Crippen molar-refractivity contribution in [2.75, 3.05) is 79.9 Å². The van der Waals surface area contributed by atoms with E-state index in [1.54, 1.807) is 158 Å². The Kier molecular flexibility index (Phi) is 48.8. The zero-order chi connectivity index (χ0) is 108. The Balaban J connectivity index is 0.000000448. The number of hydrogen-bond acceptors (Lipinski definition) is 41. The molecule has 782 valence electrons. The highest BCUT2D eigenvalue weighted by atomic mass is 32.2. The zero-order valence-corrected chi connectivity index (χ0v) is 84.1. The van der Waals surface area contributed by atoms with Crippen molar-refractivity contribution in [1.82, 2.24) is 0 Å². The summed E-state index contributed by atoms with van der Waals surface area (Å²) >= 11 is 0. The number of rotatable bonds is 32. The fraction of sp³-hybridized carbons (Fsp3) is 0.374. The topological polar surface area (TPSA) is 678 Å². The number of ether oxygens (including phenoxy) is 9. The number of esters is 9. The fourth-order valence-corrected chi connectivity index (χ4v) is 14.2. The monoisotopic (exact) mass is 2130 g/mol. The first-order valence-corrected chi connectivity index (χ1v) is 52.6. The zero-order valence-electron chi connectivity index (χ0n) is 78.4. The number of aryl methyl sites for hydroxylation is 11. The standard InChI is InChI=1S/C30H35F3O9S.C11H14O5S.2C10H12O6S.3C10H12O5S/c1-15-7-17(3)19(5)24(9-15)28(35)40-22-11-21(27(34)42-26(30(31,32)33)14-43(37,38)39)12-23(13-22)41-29(36)25-10-16(2)8-18(4)20(25)6;1-8-3-4-10(7-9(8)2)11(12)16-5-6-17(13,14)15;1-7-2-3-9(11)8(6-7)10(12)16-4-5-17(13,14)15;1-7-2-3-8(9(11)6-7)10(12)16-4-5-17(13,14)15;1-8-2-4-9(5-3-8)10(11)15-6-7-16(12,13)14;1-8-3-2-4-9(7-8)10(11)15-5-6-16(12,13)14;1-8-4-2-3-5-9(8)10(11)15-6-7-16(12,13)14/h7-10,21-23,26H,11-14H2,1-6H3,(H,37,38,39);3-4,7H,5-6H2,1-2H3,(H,13,14,15);2*2-3,6,11H,4-5H2,1H3,(H,13,14,15);2-5H,6-7H2,1H3,(H,12,13,14);2-4,7H,5-6H2,1H3,(H,12,13,14);2-5H,6-7H2,1H3,(H,12,13,14)/p-7. The van der Waals surface area contributed by atoms with Crippen LogP contribution >= 0.6 is 0 Å². The Morgan fingerprint density at radius 3 is 1.05 bits per heavy atom. The second-order valence-electron chi connectivity index (χ2n) is 31.4. The summed E-state index contributed by atoms with van der Waals surface area (Å²) in [7, 11) is -31.6. The molecule has 1 fully saturated rings. The van der Waals surface area contributed by atoms with Crippen molar-refractivity contribution >= 4 is 125 Å². The third-order valence-corrected chi connectivity index (χ3v) is 24.0. The first-order chi connectivity index (χ1) is 65.3. The molecule has 0 amide bonds. The van der Waals surface area contributed by atoms with Gasteiger partial charge in [0.05, 0.1) is 150 Å². The Morgan fingerprint density at radius 2 is 0.662 bits per heavy atom. The molecule has 1 aliphatic rings. The van der Waals surface area contributed by atoms with E-state index in [1.807, 2.05) is 59.7 Å². The highest BCUT2D eigenvalue weighted by Gasteiger charge is 2.47. The van der Waals surface area contributed by atoms with Crippen LogP contribution in [0.1, 0.15) is 174 Å². The number of alkyl halides is 3. The molecule has 8 aromatic carbocycles. The van der Waals surface area contributed by atoms with Gasteiger partial charge in [-0.1, -0.05) is 89.5 Å². The van der Waals surface area contributed by atoms with Crippen LogP contribution in [-0.4, -0.2) is 259 Å². The molecular weight excluding hydrogens is 2030 g/mol. The summed E-state index contributed by atoms with van der Waals surface area (Å²) in [6.45, 7) is 20.6. The lowest BCUT2D eigenvalue weighted by Crippen LogP contribution is -2.44. The predicted octanol–water partition coefficient (Wildman–Crippen LogP) is 9.01. The lowest BCUT2D eigenvalue weighted by atomic mass is 9.85. The molecule has 0 heterocycles. The van der Waals surface area contributed by atoms with Gasteiger partial charge in [0.2, 0.25) is 6.10 Å². The Bertz CT molecular complexity index is 6570. The minimum atomic E-state index is -5.41. The maximum atomic E-state index is 13.4. The Morgan fingerprint density at radius 1 is 0.310 bits per heavy atom. The number of aromatic hydroxyl groups is 2. The average molecular weight is 2130 g/mol. The first-order valence-electron chi connectivity index (χ1n) is 41.6. The minimum Gasteiger partial charge on any atom is -0.748 e. The van der Waals surface area contributed by atoms with Crippen molar-refractivity contribution in [3.63, 3.8) is 0 Å². The van der Waals surface area contributed by atoms with Crippen LogP contribution in [-0.2, 0) is 118 Å². The van der Waals surface area contributed by atoms with Gasteiger partial charge in [0.25, 0.3) is 0 Å². The van der Waals surface area contributed by atoms with Crippen molar-refractivity contribution in [2.24, 2.45) is 5.92 Å². The lowest BCUT2D eigenvalue weighted by Gasteiger charge is -2.34. The molecule has 8 aromatic rings. The van der Waals surface area contributed by atoms with Crippen LogP contribution in [0.15, 0.2) is 152 Å². The van der Waals surface area contributed by atoms with Crippen LogP contribution in [0.4, 0.5) is 13.2 Å². The second-order valence-corrected chi connectivity index (χ2v) is 42.0. The smallest absolute Gasteiger partial charge is 0.426 e. The molecular formula is C91H102F3O41S7-7. The summed E-state index contributed by atoms with van der Waals surface area (Å²) < 4.78 is 302. The van der Waals surface area contributed by atoms with E-state index in [-0.39, 0.29) is 53.0 Å². The van der Waals surface area contributed by atoms with Crippen LogP contribution < -0.4 is 0 Å². The van der Waals surface area contributed by atoms with Crippen LogP contribution in [0, 0.1) is 95.9 Å². The van der Waals surface area contributed by atoms with E-state index in [0.717, 1.165) is 61.2 Å². The summed E-state index contributed by atoms with van der Waals surface area (Å²) in [6.07, 6.45) is -11.3. The molecule has 0 bridgehead atoms. The van der Waals surface area contributed by atoms with Crippen molar-refractivity contribution in [3.05, 3.63) is 268 Å². The summed E-state index contributed by atoms with van der Waals surface area (Å²) in [5.74, 6) is -15.4. The van der Waals surface area contributed by atoms with E-state index < -0.39 is 235 Å². The van der Waals surface area contributed by atoms with Gasteiger partial charge in [-0.15, -0.1) is 0 Å². The predicted molar refractivity (Wildman–Crippen MR) is 492 cm³/mol. The van der Waals surface area contributed by atoms with Gasteiger partial charge in [-0.25, -0.2) is 97.3 Å². The number of halogens is 3. The quantitative estimate of drug-likeness (QED) is 0.0225. The normalized spacial score (nSPS) is 13.8. The van der Waals surface area contributed by atoms with E-state index >= 15 is 0 Å². The molecule has 9 rings (SSSR count). The molecule has 1 saturated carbocycles. The molecule has 0 aliphatic heterocycles. The van der Waals surface area contributed by atoms with Gasteiger partial charge in [0.1, 0.15) is 74.5 Å². The van der Waals surface area contributed by atoms with Gasteiger partial charge in [-0.3, -0.25) is 4.79 Å². The van der Waals surface area contributed by atoms with E-state index in [9.17, 15) is 157 Å². The van der Waals surface area contributed by atoms with Crippen LogP contribution in [0.3, 0.4) is 0 Å². The van der Waals surface area contributed by atoms with Crippen LogP contribution in [0.5, 0.6) is 11.5 Å². The van der Waals surface area contributed by atoms with Gasteiger partial charge in [-0.05, 0) is 237 Å². The number of phenolic OH excluding ortho intramolecular Hbond substituents is 2. The first kappa shape index (κ1) is 124. The number of benzene rings is 8. The highest BCUT2D eigenvalue weighted by molar-refractivity contribution is 7.87. The van der Waals surface area contributed by atoms with E-state index in [4.69, 9.17) is 9.47 Å². The molecule has 3 atom stereocenters. The van der Waals surface area contributed by atoms with Gasteiger partial charge < -0.3 is 84.7 Å². The summed E-state index contributed by atoms with van der Waals surface area (Å²) in [4.78, 5) is 108. The Labute approximate surface area is 819 Å². The summed E-state index contributed by atoms with van der Waals surface area (Å²) in [5, 5.41) is 18.8. The maximum Gasteiger partial charge on any atom is 0.426 e. The molecule has 51 heteroatoms. The molecule has 0 radical (unpaired) electrons. The molecule has 142 heavy (non-hydrogen) atoms. The maximum absolute atomic E-state index is 13.4. The second kappa shape index (κ2) is 56.0.